The standard InChI is InChI=1S/C22H20N4O4/c27-21-8-10-26-20(7-9-24-26)25(21)13-15-1-4-17(5-2-15)22(28)23-12-16-3-6-18-19(11-16)30-14-29-18/h1-7,9,11H,8,10,12-14H2,(H,23,28). The molecular weight excluding hydrogens is 384 g/mol. The second-order valence-corrected chi connectivity index (χ2v) is 7.21. The smallest absolute Gasteiger partial charge is 0.251 e. The number of hydrogen-bond donors (Lipinski definition) is 1. The highest BCUT2D eigenvalue weighted by atomic mass is 16.7. The van der Waals surface area contributed by atoms with Crippen LogP contribution in [0.1, 0.15) is 27.9 Å². The third kappa shape index (κ3) is 3.47. The quantitative estimate of drug-likeness (QED) is 0.706. The molecule has 0 fully saturated rings. The van der Waals surface area contributed by atoms with Crippen LogP contribution in [0.25, 0.3) is 0 Å². The molecule has 1 aromatic heterocycles. The first-order valence-electron chi connectivity index (χ1n) is 9.75. The van der Waals surface area contributed by atoms with Crippen molar-refractivity contribution in [2.45, 2.75) is 26.1 Å². The Bertz CT molecular complexity index is 1110. The Morgan fingerprint density at radius 1 is 1.03 bits per heavy atom. The van der Waals surface area contributed by atoms with Crippen LogP contribution in [0.5, 0.6) is 11.5 Å². The molecule has 0 saturated heterocycles. The molecule has 0 unspecified atom stereocenters. The number of aromatic nitrogens is 2. The van der Waals surface area contributed by atoms with Gasteiger partial charge in [-0.05, 0) is 35.4 Å². The maximum atomic E-state index is 12.5. The molecule has 2 aliphatic rings. The zero-order valence-electron chi connectivity index (χ0n) is 16.2. The lowest BCUT2D eigenvalue weighted by molar-refractivity contribution is -0.119. The fourth-order valence-corrected chi connectivity index (χ4v) is 3.64. The number of amides is 2. The summed E-state index contributed by atoms with van der Waals surface area (Å²) < 4.78 is 12.5. The monoisotopic (exact) mass is 404 g/mol. The lowest BCUT2D eigenvalue weighted by atomic mass is 10.1. The molecule has 5 rings (SSSR count). The number of nitrogens with zero attached hydrogens (tertiary/aromatic N) is 3. The predicted octanol–water partition coefficient (Wildman–Crippen LogP) is 2.48. The number of ether oxygens (including phenoxy) is 2. The van der Waals surface area contributed by atoms with E-state index in [0.717, 1.165) is 22.7 Å². The fraction of sp³-hybridized carbons (Fsp3) is 0.227. The lowest BCUT2D eigenvalue weighted by Gasteiger charge is -2.27. The van der Waals surface area contributed by atoms with Crippen LogP contribution in [0.3, 0.4) is 0 Å². The van der Waals surface area contributed by atoms with Crippen molar-refractivity contribution in [2.75, 3.05) is 11.7 Å². The van der Waals surface area contributed by atoms with Crippen molar-refractivity contribution in [1.82, 2.24) is 15.1 Å². The third-order valence-electron chi connectivity index (χ3n) is 5.26. The highest BCUT2D eigenvalue weighted by molar-refractivity contribution is 5.95. The summed E-state index contributed by atoms with van der Waals surface area (Å²) >= 11 is 0. The highest BCUT2D eigenvalue weighted by Crippen LogP contribution is 2.32. The van der Waals surface area contributed by atoms with Gasteiger partial charge in [0.05, 0.1) is 19.3 Å². The summed E-state index contributed by atoms with van der Waals surface area (Å²) in [6.07, 6.45) is 2.14. The van der Waals surface area contributed by atoms with Crippen LogP contribution in [0, 0.1) is 0 Å². The fourth-order valence-electron chi connectivity index (χ4n) is 3.64. The van der Waals surface area contributed by atoms with E-state index in [2.05, 4.69) is 10.4 Å². The number of aryl methyl sites for hydroxylation is 1. The lowest BCUT2D eigenvalue weighted by Crippen LogP contribution is -2.36. The van der Waals surface area contributed by atoms with E-state index in [-0.39, 0.29) is 18.6 Å². The molecule has 2 aliphatic heterocycles. The molecule has 0 radical (unpaired) electrons. The van der Waals surface area contributed by atoms with Crippen LogP contribution in [0.15, 0.2) is 54.7 Å². The van der Waals surface area contributed by atoms with Crippen molar-refractivity contribution in [3.05, 3.63) is 71.4 Å². The minimum absolute atomic E-state index is 0.0774. The number of nitrogens with one attached hydrogen (secondary N) is 1. The van der Waals surface area contributed by atoms with Gasteiger partial charge >= 0.3 is 0 Å². The van der Waals surface area contributed by atoms with E-state index in [1.807, 2.05) is 41.1 Å². The second-order valence-electron chi connectivity index (χ2n) is 7.21. The topological polar surface area (TPSA) is 85.7 Å². The predicted molar refractivity (Wildman–Crippen MR) is 108 cm³/mol. The molecule has 2 amide bonds. The molecule has 0 aliphatic carbocycles. The van der Waals surface area contributed by atoms with Gasteiger partial charge in [0, 0.05) is 24.6 Å². The van der Waals surface area contributed by atoms with Crippen molar-refractivity contribution in [2.24, 2.45) is 0 Å². The maximum Gasteiger partial charge on any atom is 0.251 e. The third-order valence-corrected chi connectivity index (χ3v) is 5.26. The van der Waals surface area contributed by atoms with Crippen LogP contribution in [-0.2, 0) is 24.4 Å². The summed E-state index contributed by atoms with van der Waals surface area (Å²) in [6.45, 7) is 1.68. The van der Waals surface area contributed by atoms with Crippen LogP contribution < -0.4 is 19.7 Å². The number of hydrogen-bond acceptors (Lipinski definition) is 5. The summed E-state index contributed by atoms with van der Waals surface area (Å²) in [4.78, 5) is 26.5. The Morgan fingerprint density at radius 2 is 1.83 bits per heavy atom. The molecule has 0 saturated carbocycles. The van der Waals surface area contributed by atoms with Crippen LogP contribution in [0.2, 0.25) is 0 Å². The molecule has 0 bridgehead atoms. The Morgan fingerprint density at radius 3 is 2.70 bits per heavy atom. The number of anilines is 1. The van der Waals surface area contributed by atoms with Gasteiger partial charge in [-0.3, -0.25) is 14.5 Å². The number of carbonyl (C=O) groups is 2. The van der Waals surface area contributed by atoms with Gasteiger partial charge in [-0.2, -0.15) is 5.10 Å². The molecule has 1 N–H and O–H groups in total. The molecule has 8 heteroatoms. The van der Waals surface area contributed by atoms with Gasteiger partial charge in [0.2, 0.25) is 12.7 Å². The van der Waals surface area contributed by atoms with Crippen molar-refractivity contribution in [3.8, 4) is 11.5 Å². The van der Waals surface area contributed by atoms with Gasteiger partial charge in [-0.15, -0.1) is 0 Å². The van der Waals surface area contributed by atoms with Gasteiger partial charge in [0.25, 0.3) is 5.91 Å². The van der Waals surface area contributed by atoms with Gasteiger partial charge < -0.3 is 14.8 Å². The van der Waals surface area contributed by atoms with Gasteiger partial charge in [0.1, 0.15) is 5.82 Å². The van der Waals surface area contributed by atoms with Crippen LogP contribution in [0.4, 0.5) is 5.82 Å². The zero-order valence-corrected chi connectivity index (χ0v) is 16.2. The molecule has 3 aromatic rings. The second kappa shape index (κ2) is 7.55. The van der Waals surface area contributed by atoms with E-state index in [0.29, 0.717) is 37.4 Å². The summed E-state index contributed by atoms with van der Waals surface area (Å²) in [7, 11) is 0. The zero-order chi connectivity index (χ0) is 20.5. The van der Waals surface area contributed by atoms with Crippen molar-refractivity contribution in [3.63, 3.8) is 0 Å². The minimum atomic E-state index is -0.161. The molecule has 30 heavy (non-hydrogen) atoms. The van der Waals surface area contributed by atoms with Gasteiger partial charge in [-0.1, -0.05) is 18.2 Å². The van der Waals surface area contributed by atoms with Gasteiger partial charge in [0.15, 0.2) is 11.5 Å². The number of fused-ring (bicyclic) bond motifs is 2. The van der Waals surface area contributed by atoms with E-state index in [1.54, 1.807) is 23.2 Å². The molecule has 3 heterocycles. The van der Waals surface area contributed by atoms with Crippen LogP contribution >= 0.6 is 0 Å². The van der Waals surface area contributed by atoms with E-state index in [1.165, 1.54) is 0 Å². The summed E-state index contributed by atoms with van der Waals surface area (Å²) in [5.74, 6) is 2.13. The van der Waals surface area contributed by atoms with Crippen LogP contribution in [-0.4, -0.2) is 28.4 Å². The Kier molecular flexibility index (Phi) is 4.59. The molecular formula is C22H20N4O4. The number of benzene rings is 2. The van der Waals surface area contributed by atoms with Gasteiger partial charge in [-0.25, -0.2) is 4.68 Å². The minimum Gasteiger partial charge on any atom is -0.454 e. The first-order valence-corrected chi connectivity index (χ1v) is 9.75. The number of carbonyl (C=O) groups excluding carboxylic acids is 2. The molecule has 0 atom stereocenters. The SMILES string of the molecule is O=C(NCc1ccc2c(c1)OCO2)c1ccc(CN2C(=O)CCn3nccc32)cc1. The largest absolute Gasteiger partial charge is 0.454 e. The maximum absolute atomic E-state index is 12.5. The average Bonchev–Trinajstić information content (AvgIpc) is 3.43. The van der Waals surface area contributed by atoms with Crippen molar-refractivity contribution < 1.29 is 19.1 Å². The summed E-state index contributed by atoms with van der Waals surface area (Å²) in [5, 5.41) is 7.15. The normalized spacial score (nSPS) is 14.5. The highest BCUT2D eigenvalue weighted by Gasteiger charge is 2.24. The van der Waals surface area contributed by atoms with E-state index in [9.17, 15) is 9.59 Å². The first-order chi connectivity index (χ1) is 14.7. The van der Waals surface area contributed by atoms with E-state index in [4.69, 9.17) is 9.47 Å². The average molecular weight is 404 g/mol. The Balaban J connectivity index is 1.22. The summed E-state index contributed by atoms with van der Waals surface area (Å²) in [6, 6.07) is 14.7. The molecule has 2 aromatic carbocycles. The molecule has 152 valence electrons. The molecule has 8 nitrogen and oxygen atoms in total. The summed E-state index contributed by atoms with van der Waals surface area (Å²) in [5.41, 5.74) is 2.45. The Hall–Kier alpha value is -3.81. The van der Waals surface area contributed by atoms with E-state index >= 15 is 0 Å². The van der Waals surface area contributed by atoms with Crippen molar-refractivity contribution >= 4 is 17.6 Å². The number of rotatable bonds is 5. The van der Waals surface area contributed by atoms with Crippen molar-refractivity contribution in [1.29, 1.82) is 0 Å². The first kappa shape index (κ1) is 18.2. The Labute approximate surface area is 173 Å². The molecule has 0 spiro atoms. The van der Waals surface area contributed by atoms with E-state index < -0.39 is 0 Å².